The van der Waals surface area contributed by atoms with Crippen LogP contribution in [0.1, 0.15) is 18.9 Å². The van der Waals surface area contributed by atoms with E-state index in [0.29, 0.717) is 6.54 Å². The van der Waals surface area contributed by atoms with E-state index in [1.807, 2.05) is 45.3 Å². The van der Waals surface area contributed by atoms with Gasteiger partial charge in [0.1, 0.15) is 5.75 Å². The summed E-state index contributed by atoms with van der Waals surface area (Å²) in [5.74, 6) is 0.695. The van der Waals surface area contributed by atoms with Gasteiger partial charge in [0, 0.05) is 6.54 Å². The van der Waals surface area contributed by atoms with Crippen LogP contribution in [0.4, 0.5) is 0 Å². The van der Waals surface area contributed by atoms with Gasteiger partial charge in [0.2, 0.25) is 0 Å². The number of hydrogen-bond donors (Lipinski definition) is 1. The van der Waals surface area contributed by atoms with Crippen molar-refractivity contribution in [3.05, 3.63) is 29.8 Å². The summed E-state index contributed by atoms with van der Waals surface area (Å²) in [5.41, 5.74) is 1.04. The lowest BCUT2D eigenvalue weighted by Gasteiger charge is -2.16. The number of nitrogens with zero attached hydrogens (tertiary/aromatic N) is 1. The minimum atomic E-state index is -0.472. The van der Waals surface area contributed by atoms with Gasteiger partial charge >= 0.3 is 0 Å². The van der Waals surface area contributed by atoms with Gasteiger partial charge in [-0.25, -0.2) is 0 Å². The highest BCUT2D eigenvalue weighted by molar-refractivity contribution is 5.80. The molecule has 0 saturated heterocycles. The van der Waals surface area contributed by atoms with E-state index >= 15 is 0 Å². The second kappa shape index (κ2) is 7.79. The maximum atomic E-state index is 11.9. The molecule has 0 saturated carbocycles. The van der Waals surface area contributed by atoms with Crippen molar-refractivity contribution >= 4 is 5.91 Å². The quantitative estimate of drug-likeness (QED) is 0.764. The van der Waals surface area contributed by atoms with Gasteiger partial charge < -0.3 is 15.0 Å². The highest BCUT2D eigenvalue weighted by Gasteiger charge is 2.14. The third-order valence-corrected chi connectivity index (χ3v) is 2.85. The minimum Gasteiger partial charge on any atom is -0.481 e. The Balaban J connectivity index is 2.35. The first kappa shape index (κ1) is 15.5. The van der Waals surface area contributed by atoms with E-state index in [0.717, 1.165) is 24.3 Å². The van der Waals surface area contributed by atoms with Crippen molar-refractivity contribution in [3.63, 3.8) is 0 Å². The van der Waals surface area contributed by atoms with Crippen LogP contribution in [0.2, 0.25) is 0 Å². The molecule has 1 aromatic carbocycles. The Bertz CT molecular complexity index is 405. The van der Waals surface area contributed by atoms with E-state index in [9.17, 15) is 4.79 Å². The number of aryl methyl sites for hydroxylation is 1. The van der Waals surface area contributed by atoms with Crippen molar-refractivity contribution in [1.82, 2.24) is 10.2 Å². The van der Waals surface area contributed by atoms with Gasteiger partial charge in [-0.1, -0.05) is 18.2 Å². The van der Waals surface area contributed by atoms with Crippen molar-refractivity contribution in [3.8, 4) is 5.75 Å². The van der Waals surface area contributed by atoms with Crippen molar-refractivity contribution in [2.75, 3.05) is 27.2 Å². The molecule has 1 N–H and O–H groups in total. The highest BCUT2D eigenvalue weighted by Crippen LogP contribution is 2.17. The second-order valence-electron chi connectivity index (χ2n) is 4.97. The van der Waals surface area contributed by atoms with Crippen LogP contribution >= 0.6 is 0 Å². The molecule has 1 aromatic rings. The lowest BCUT2D eigenvalue weighted by Crippen LogP contribution is -2.37. The molecule has 0 spiro atoms. The fraction of sp³-hybridized carbons (Fsp3) is 0.533. The fourth-order valence-electron chi connectivity index (χ4n) is 1.68. The zero-order valence-corrected chi connectivity index (χ0v) is 12.3. The highest BCUT2D eigenvalue weighted by atomic mass is 16.5. The molecule has 0 bridgehead atoms. The zero-order chi connectivity index (χ0) is 14.3. The smallest absolute Gasteiger partial charge is 0.260 e. The normalized spacial score (nSPS) is 12.3. The van der Waals surface area contributed by atoms with E-state index in [1.54, 1.807) is 6.92 Å². The van der Waals surface area contributed by atoms with Gasteiger partial charge in [-0.15, -0.1) is 0 Å². The molecule has 19 heavy (non-hydrogen) atoms. The molecular formula is C15H24N2O2. The SMILES string of the molecule is Cc1ccccc1O[C@@H](C)C(=O)NCCCN(C)C. The Morgan fingerprint density at radius 1 is 1.37 bits per heavy atom. The summed E-state index contributed by atoms with van der Waals surface area (Å²) in [6, 6.07) is 7.71. The van der Waals surface area contributed by atoms with Crippen LogP contribution in [0.25, 0.3) is 0 Å². The van der Waals surface area contributed by atoms with Crippen LogP contribution in [0.3, 0.4) is 0 Å². The summed E-state index contributed by atoms with van der Waals surface area (Å²) in [5, 5.41) is 2.89. The largest absolute Gasteiger partial charge is 0.481 e. The Morgan fingerprint density at radius 2 is 2.05 bits per heavy atom. The van der Waals surface area contributed by atoms with Crippen molar-refractivity contribution in [2.24, 2.45) is 0 Å². The number of ether oxygens (including phenoxy) is 1. The van der Waals surface area contributed by atoms with E-state index in [4.69, 9.17) is 4.74 Å². The predicted molar refractivity (Wildman–Crippen MR) is 77.4 cm³/mol. The third kappa shape index (κ3) is 5.75. The van der Waals surface area contributed by atoms with E-state index < -0.39 is 6.10 Å². The molecule has 0 unspecified atom stereocenters. The lowest BCUT2D eigenvalue weighted by atomic mass is 10.2. The van der Waals surface area contributed by atoms with E-state index in [1.165, 1.54) is 0 Å². The molecule has 0 radical (unpaired) electrons. The van der Waals surface area contributed by atoms with Gasteiger partial charge in [-0.05, 0) is 52.5 Å². The van der Waals surface area contributed by atoms with Gasteiger partial charge in [-0.3, -0.25) is 4.79 Å². The summed E-state index contributed by atoms with van der Waals surface area (Å²) < 4.78 is 5.66. The standard InChI is InChI=1S/C15H24N2O2/c1-12-8-5-6-9-14(12)19-13(2)15(18)16-10-7-11-17(3)4/h5-6,8-9,13H,7,10-11H2,1-4H3,(H,16,18)/t13-/m0/s1. The van der Waals surface area contributed by atoms with Crippen molar-refractivity contribution in [2.45, 2.75) is 26.4 Å². The Morgan fingerprint density at radius 3 is 2.68 bits per heavy atom. The number of carbonyl (C=O) groups excluding carboxylic acids is 1. The molecule has 0 aliphatic heterocycles. The Hall–Kier alpha value is -1.55. The van der Waals surface area contributed by atoms with Gasteiger partial charge in [0.25, 0.3) is 5.91 Å². The molecule has 0 aliphatic carbocycles. The number of para-hydroxylation sites is 1. The van der Waals surface area contributed by atoms with Crippen LogP contribution in [-0.4, -0.2) is 44.1 Å². The molecule has 106 valence electrons. The number of amides is 1. The molecule has 1 rings (SSSR count). The molecule has 0 aromatic heterocycles. The summed E-state index contributed by atoms with van der Waals surface area (Å²) in [6.45, 7) is 5.39. The monoisotopic (exact) mass is 264 g/mol. The molecule has 0 heterocycles. The first-order valence-electron chi connectivity index (χ1n) is 6.65. The number of hydrogen-bond acceptors (Lipinski definition) is 3. The van der Waals surface area contributed by atoms with Gasteiger partial charge in [0.15, 0.2) is 6.10 Å². The average Bonchev–Trinajstić information content (AvgIpc) is 2.36. The number of carbonyl (C=O) groups is 1. The number of benzene rings is 1. The van der Waals surface area contributed by atoms with Crippen LogP contribution in [0, 0.1) is 6.92 Å². The Kier molecular flexibility index (Phi) is 6.36. The van der Waals surface area contributed by atoms with Crippen LogP contribution in [0.5, 0.6) is 5.75 Å². The first-order chi connectivity index (χ1) is 9.00. The summed E-state index contributed by atoms with van der Waals surface area (Å²) in [7, 11) is 4.04. The molecule has 4 nitrogen and oxygen atoms in total. The second-order valence-corrected chi connectivity index (χ2v) is 4.97. The molecular weight excluding hydrogens is 240 g/mol. The molecule has 0 aliphatic rings. The molecule has 0 fully saturated rings. The molecule has 1 amide bonds. The van der Waals surface area contributed by atoms with Crippen molar-refractivity contribution < 1.29 is 9.53 Å². The first-order valence-corrected chi connectivity index (χ1v) is 6.65. The molecule has 1 atom stereocenters. The van der Waals surface area contributed by atoms with Gasteiger partial charge in [-0.2, -0.15) is 0 Å². The summed E-state index contributed by atoms with van der Waals surface area (Å²) in [6.07, 6.45) is 0.469. The third-order valence-electron chi connectivity index (χ3n) is 2.85. The maximum Gasteiger partial charge on any atom is 0.260 e. The summed E-state index contributed by atoms with van der Waals surface area (Å²) in [4.78, 5) is 14.0. The predicted octanol–water partition coefficient (Wildman–Crippen LogP) is 1.83. The Labute approximate surface area is 115 Å². The van der Waals surface area contributed by atoms with E-state index in [2.05, 4.69) is 10.2 Å². The zero-order valence-electron chi connectivity index (χ0n) is 12.3. The maximum absolute atomic E-state index is 11.9. The van der Waals surface area contributed by atoms with Crippen LogP contribution in [0.15, 0.2) is 24.3 Å². The van der Waals surface area contributed by atoms with Crippen molar-refractivity contribution in [1.29, 1.82) is 0 Å². The molecule has 4 heteroatoms. The van der Waals surface area contributed by atoms with Crippen LogP contribution < -0.4 is 10.1 Å². The van der Waals surface area contributed by atoms with E-state index in [-0.39, 0.29) is 5.91 Å². The lowest BCUT2D eigenvalue weighted by molar-refractivity contribution is -0.127. The average molecular weight is 264 g/mol. The van der Waals surface area contributed by atoms with Crippen LogP contribution in [-0.2, 0) is 4.79 Å². The topological polar surface area (TPSA) is 41.6 Å². The number of nitrogens with one attached hydrogen (secondary N) is 1. The minimum absolute atomic E-state index is 0.0676. The number of rotatable bonds is 7. The summed E-state index contributed by atoms with van der Waals surface area (Å²) >= 11 is 0. The fourth-order valence-corrected chi connectivity index (χ4v) is 1.68. The van der Waals surface area contributed by atoms with Gasteiger partial charge in [0.05, 0.1) is 0 Å².